The monoisotopic (exact) mass is 245 g/mol. The number of hydrogen-bond acceptors (Lipinski definition) is 2. The van der Waals surface area contributed by atoms with Crippen LogP contribution < -0.4 is 5.32 Å². The van der Waals surface area contributed by atoms with Crippen LogP contribution in [-0.2, 0) is 10.2 Å². The van der Waals surface area contributed by atoms with Gasteiger partial charge in [-0.1, -0.05) is 36.4 Å². The lowest BCUT2D eigenvalue weighted by molar-refractivity contribution is -0.140. The van der Waals surface area contributed by atoms with Crippen molar-refractivity contribution in [1.29, 1.82) is 0 Å². The molecule has 96 valence electrons. The van der Waals surface area contributed by atoms with Crippen LogP contribution in [-0.4, -0.2) is 24.7 Å². The number of rotatable bonds is 6. The first-order valence-corrected chi connectivity index (χ1v) is 6.34. The first-order valence-electron chi connectivity index (χ1n) is 6.34. The summed E-state index contributed by atoms with van der Waals surface area (Å²) >= 11 is 0. The van der Waals surface area contributed by atoms with Gasteiger partial charge < -0.3 is 10.4 Å². The van der Waals surface area contributed by atoms with E-state index < -0.39 is 11.4 Å². The number of nitrogens with one attached hydrogen (secondary N) is 1. The Balaban J connectivity index is 2.11. The van der Waals surface area contributed by atoms with Crippen molar-refractivity contribution in [2.24, 2.45) is 0 Å². The summed E-state index contributed by atoms with van der Waals surface area (Å²) in [6.45, 7) is 0.954. The van der Waals surface area contributed by atoms with Gasteiger partial charge in [-0.05, 0) is 44.0 Å². The van der Waals surface area contributed by atoms with E-state index in [0.29, 0.717) is 0 Å². The third-order valence-corrected chi connectivity index (χ3v) is 3.47. The second kappa shape index (κ2) is 5.36. The van der Waals surface area contributed by atoms with Crippen molar-refractivity contribution >= 4 is 12.0 Å². The van der Waals surface area contributed by atoms with E-state index in [9.17, 15) is 9.90 Å². The molecule has 0 spiro atoms. The zero-order chi connectivity index (χ0) is 13.0. The molecule has 1 aromatic rings. The zero-order valence-electron chi connectivity index (χ0n) is 10.6. The maximum Gasteiger partial charge on any atom is 0.314 e. The van der Waals surface area contributed by atoms with Gasteiger partial charge in [0, 0.05) is 0 Å². The van der Waals surface area contributed by atoms with Crippen LogP contribution in [0.25, 0.3) is 6.08 Å². The Hall–Kier alpha value is -1.61. The molecule has 18 heavy (non-hydrogen) atoms. The van der Waals surface area contributed by atoms with Crippen LogP contribution >= 0.6 is 0 Å². The molecule has 0 aliphatic heterocycles. The molecule has 3 nitrogen and oxygen atoms in total. The normalized spacial score (nSPS) is 16.9. The topological polar surface area (TPSA) is 49.3 Å². The highest BCUT2D eigenvalue weighted by Crippen LogP contribution is 2.48. The lowest BCUT2D eigenvalue weighted by Gasteiger charge is -2.10. The van der Waals surface area contributed by atoms with Crippen LogP contribution in [0.4, 0.5) is 0 Å². The van der Waals surface area contributed by atoms with Gasteiger partial charge in [0.25, 0.3) is 0 Å². The van der Waals surface area contributed by atoms with E-state index in [0.717, 1.165) is 36.9 Å². The van der Waals surface area contributed by atoms with Crippen LogP contribution in [0.1, 0.15) is 30.4 Å². The van der Waals surface area contributed by atoms with Gasteiger partial charge >= 0.3 is 5.97 Å². The molecule has 0 saturated heterocycles. The van der Waals surface area contributed by atoms with Gasteiger partial charge in [-0.25, -0.2) is 0 Å². The molecule has 2 N–H and O–H groups in total. The van der Waals surface area contributed by atoms with E-state index in [4.69, 9.17) is 0 Å². The number of carbonyl (C=O) groups is 1. The van der Waals surface area contributed by atoms with E-state index in [1.54, 1.807) is 0 Å². The third-order valence-electron chi connectivity index (χ3n) is 3.47. The van der Waals surface area contributed by atoms with E-state index >= 15 is 0 Å². The Morgan fingerprint density at radius 2 is 2.28 bits per heavy atom. The summed E-state index contributed by atoms with van der Waals surface area (Å²) < 4.78 is 0. The van der Waals surface area contributed by atoms with E-state index in [2.05, 4.69) is 17.5 Å². The highest BCUT2D eigenvalue weighted by molar-refractivity contribution is 5.85. The molecule has 0 radical (unpaired) electrons. The molecule has 2 rings (SSSR count). The molecular formula is C15H19NO2. The lowest BCUT2D eigenvalue weighted by atomic mass is 9.94. The second-order valence-electron chi connectivity index (χ2n) is 4.81. The molecule has 0 bridgehead atoms. The van der Waals surface area contributed by atoms with Gasteiger partial charge in [0.15, 0.2) is 0 Å². The number of carboxylic acid groups (broad SMARTS) is 1. The second-order valence-corrected chi connectivity index (χ2v) is 4.81. The molecule has 0 aromatic heterocycles. The minimum Gasteiger partial charge on any atom is -0.481 e. The fourth-order valence-corrected chi connectivity index (χ4v) is 2.14. The molecule has 3 heteroatoms. The van der Waals surface area contributed by atoms with Gasteiger partial charge in [-0.3, -0.25) is 4.79 Å². The van der Waals surface area contributed by atoms with Gasteiger partial charge in [-0.15, -0.1) is 0 Å². The van der Waals surface area contributed by atoms with Crippen molar-refractivity contribution in [3.8, 4) is 0 Å². The average molecular weight is 245 g/mol. The Bertz CT molecular complexity index is 461. The predicted octanol–water partition coefficient (Wildman–Crippen LogP) is 2.43. The van der Waals surface area contributed by atoms with Crippen molar-refractivity contribution in [3.05, 3.63) is 41.5 Å². The summed E-state index contributed by atoms with van der Waals surface area (Å²) in [5.74, 6) is -0.696. The van der Waals surface area contributed by atoms with Crippen LogP contribution in [0.5, 0.6) is 0 Å². The standard InChI is InChI=1S/C15H19NO2/c1-16-10-3-2-5-12-6-4-7-13(11-12)15(8-9-15)14(17)18/h2,4-7,11,16H,3,8-10H2,1H3,(H,17,18). The molecule has 1 aliphatic carbocycles. The predicted molar refractivity (Wildman–Crippen MR) is 72.6 cm³/mol. The molecule has 1 aromatic carbocycles. The van der Waals surface area contributed by atoms with Crippen LogP contribution in [0.3, 0.4) is 0 Å². The van der Waals surface area contributed by atoms with Crippen molar-refractivity contribution in [2.45, 2.75) is 24.7 Å². The molecule has 0 amide bonds. The molecule has 0 unspecified atom stereocenters. The largest absolute Gasteiger partial charge is 0.481 e. The minimum absolute atomic E-state index is 0.602. The highest BCUT2D eigenvalue weighted by atomic mass is 16.4. The summed E-state index contributed by atoms with van der Waals surface area (Å²) in [5.41, 5.74) is 1.41. The summed E-state index contributed by atoms with van der Waals surface area (Å²) in [7, 11) is 1.93. The van der Waals surface area contributed by atoms with Crippen LogP contribution in [0.2, 0.25) is 0 Å². The van der Waals surface area contributed by atoms with Crippen LogP contribution in [0.15, 0.2) is 30.3 Å². The first kappa shape index (κ1) is 12.8. The summed E-state index contributed by atoms with van der Waals surface area (Å²) in [6, 6.07) is 7.87. The van der Waals surface area contributed by atoms with Gasteiger partial charge in [-0.2, -0.15) is 0 Å². The Kier molecular flexibility index (Phi) is 3.82. The van der Waals surface area contributed by atoms with Gasteiger partial charge in [0.2, 0.25) is 0 Å². The fourth-order valence-electron chi connectivity index (χ4n) is 2.14. The molecule has 0 heterocycles. The van der Waals surface area contributed by atoms with Crippen LogP contribution in [0, 0.1) is 0 Å². The summed E-state index contributed by atoms with van der Waals surface area (Å²) in [5, 5.41) is 12.4. The van der Waals surface area contributed by atoms with Crippen molar-refractivity contribution in [3.63, 3.8) is 0 Å². The van der Waals surface area contributed by atoms with Crippen molar-refractivity contribution < 1.29 is 9.90 Å². The summed E-state index contributed by atoms with van der Waals surface area (Å²) in [6.07, 6.45) is 6.66. The highest BCUT2D eigenvalue weighted by Gasteiger charge is 2.51. The maximum atomic E-state index is 11.3. The van der Waals surface area contributed by atoms with Gasteiger partial charge in [0.1, 0.15) is 0 Å². The number of aliphatic carboxylic acids is 1. The Morgan fingerprint density at radius 3 is 2.89 bits per heavy atom. The smallest absolute Gasteiger partial charge is 0.314 e. The third kappa shape index (κ3) is 2.62. The van der Waals surface area contributed by atoms with E-state index in [1.807, 2.05) is 31.3 Å². The van der Waals surface area contributed by atoms with Crippen molar-refractivity contribution in [1.82, 2.24) is 5.32 Å². The Labute approximate surface area is 108 Å². The fraction of sp³-hybridized carbons (Fsp3) is 0.400. The molecule has 1 saturated carbocycles. The zero-order valence-corrected chi connectivity index (χ0v) is 10.6. The van der Waals surface area contributed by atoms with E-state index in [-0.39, 0.29) is 0 Å². The number of hydrogen-bond donors (Lipinski definition) is 2. The molecule has 1 aliphatic rings. The average Bonchev–Trinajstić information content (AvgIpc) is 3.16. The quantitative estimate of drug-likeness (QED) is 0.757. The van der Waals surface area contributed by atoms with E-state index in [1.165, 1.54) is 0 Å². The maximum absolute atomic E-state index is 11.3. The van der Waals surface area contributed by atoms with Crippen molar-refractivity contribution in [2.75, 3.05) is 13.6 Å². The lowest BCUT2D eigenvalue weighted by Crippen LogP contribution is -2.19. The number of carboxylic acids is 1. The minimum atomic E-state index is -0.696. The molecule has 1 fully saturated rings. The Morgan fingerprint density at radius 1 is 1.50 bits per heavy atom. The summed E-state index contributed by atoms with van der Waals surface area (Å²) in [4.78, 5) is 11.3. The molecular weight excluding hydrogens is 226 g/mol. The number of benzene rings is 1. The first-order chi connectivity index (χ1) is 8.69. The van der Waals surface area contributed by atoms with Gasteiger partial charge in [0.05, 0.1) is 5.41 Å². The molecule has 0 atom stereocenters. The SMILES string of the molecule is CNCCC=Cc1cccc(C2(C(=O)O)CC2)c1.